The molecule has 0 amide bonds. The number of carboxylic acids is 1. The number of aromatic nitrogens is 1. The van der Waals surface area contributed by atoms with Gasteiger partial charge in [-0.1, -0.05) is 16.8 Å². The van der Waals surface area contributed by atoms with E-state index in [1.54, 1.807) is 6.92 Å². The molecule has 0 saturated heterocycles. The highest BCUT2D eigenvalue weighted by Gasteiger charge is 2.15. The average molecular weight is 285 g/mol. The topological polar surface area (TPSA) is 75.4 Å². The van der Waals surface area contributed by atoms with Crippen LogP contribution in [0.4, 0.5) is 10.1 Å². The third-order valence-corrected chi connectivity index (χ3v) is 2.88. The summed E-state index contributed by atoms with van der Waals surface area (Å²) >= 11 is 5.88. The van der Waals surface area contributed by atoms with Crippen LogP contribution in [0.3, 0.4) is 0 Å². The van der Waals surface area contributed by atoms with Crippen molar-refractivity contribution >= 4 is 23.3 Å². The van der Waals surface area contributed by atoms with Crippen molar-refractivity contribution in [2.75, 3.05) is 5.32 Å². The van der Waals surface area contributed by atoms with E-state index in [0.29, 0.717) is 11.3 Å². The van der Waals surface area contributed by atoms with E-state index in [1.165, 1.54) is 12.1 Å². The molecular weight excluding hydrogens is 275 g/mol. The number of anilines is 1. The summed E-state index contributed by atoms with van der Waals surface area (Å²) < 4.78 is 18.1. The quantitative estimate of drug-likeness (QED) is 0.902. The zero-order chi connectivity index (χ0) is 14.0. The van der Waals surface area contributed by atoms with Crippen molar-refractivity contribution in [3.8, 4) is 0 Å². The second-order valence-corrected chi connectivity index (χ2v) is 4.31. The second kappa shape index (κ2) is 5.27. The van der Waals surface area contributed by atoms with Crippen LogP contribution in [-0.4, -0.2) is 16.2 Å². The first-order valence-corrected chi connectivity index (χ1v) is 5.73. The first-order valence-electron chi connectivity index (χ1n) is 5.35. The van der Waals surface area contributed by atoms with Gasteiger partial charge in [-0.25, -0.2) is 9.18 Å². The zero-order valence-electron chi connectivity index (χ0n) is 9.91. The molecule has 0 atom stereocenters. The minimum absolute atomic E-state index is 0.0255. The average Bonchev–Trinajstić information content (AvgIpc) is 2.80. The van der Waals surface area contributed by atoms with E-state index in [0.717, 1.165) is 6.20 Å². The van der Waals surface area contributed by atoms with Crippen molar-refractivity contribution in [3.05, 3.63) is 46.1 Å². The summed E-state index contributed by atoms with van der Waals surface area (Å²) in [7, 11) is 0. The van der Waals surface area contributed by atoms with Crippen LogP contribution >= 0.6 is 11.6 Å². The minimum Gasteiger partial charge on any atom is -0.478 e. The normalized spacial score (nSPS) is 10.5. The predicted molar refractivity (Wildman–Crippen MR) is 66.9 cm³/mol. The van der Waals surface area contributed by atoms with Gasteiger partial charge in [0.15, 0.2) is 5.76 Å². The number of carboxylic acid groups (broad SMARTS) is 1. The molecule has 0 spiro atoms. The van der Waals surface area contributed by atoms with Gasteiger partial charge in [0.2, 0.25) is 0 Å². The van der Waals surface area contributed by atoms with Gasteiger partial charge < -0.3 is 14.9 Å². The summed E-state index contributed by atoms with van der Waals surface area (Å²) in [5, 5.41) is 15.4. The molecule has 0 fully saturated rings. The van der Waals surface area contributed by atoms with Gasteiger partial charge >= 0.3 is 5.97 Å². The molecule has 0 aliphatic carbocycles. The van der Waals surface area contributed by atoms with Crippen LogP contribution in [0, 0.1) is 12.7 Å². The van der Waals surface area contributed by atoms with Gasteiger partial charge in [0.25, 0.3) is 0 Å². The Hall–Kier alpha value is -2.08. The monoisotopic (exact) mass is 284 g/mol. The van der Waals surface area contributed by atoms with Crippen LogP contribution < -0.4 is 5.32 Å². The minimum atomic E-state index is -1.13. The number of halogens is 2. The van der Waals surface area contributed by atoms with Crippen LogP contribution in [-0.2, 0) is 6.54 Å². The molecule has 1 heterocycles. The smallest absolute Gasteiger partial charge is 0.341 e. The number of hydrogen-bond donors (Lipinski definition) is 2. The standard InChI is InChI=1S/C12H10ClFN2O3/c1-6-2-10(8(13)3-9(6)14)15-5-11-7(12(17)18)4-16-19-11/h2-4,15H,5H2,1H3,(H,17,18). The predicted octanol–water partition coefficient (Wildman–Crippen LogP) is 3.09. The Morgan fingerprint density at radius 3 is 3.00 bits per heavy atom. The zero-order valence-corrected chi connectivity index (χ0v) is 10.7. The Labute approximate surface area is 113 Å². The van der Waals surface area contributed by atoms with Gasteiger partial charge in [0, 0.05) is 0 Å². The molecule has 1 aromatic carbocycles. The number of carbonyl (C=O) groups is 1. The molecule has 0 bridgehead atoms. The second-order valence-electron chi connectivity index (χ2n) is 3.90. The van der Waals surface area contributed by atoms with E-state index in [-0.39, 0.29) is 22.9 Å². The summed E-state index contributed by atoms with van der Waals surface area (Å²) in [6.45, 7) is 1.69. The Kier molecular flexibility index (Phi) is 3.71. The van der Waals surface area contributed by atoms with Crippen molar-refractivity contribution in [3.63, 3.8) is 0 Å². The van der Waals surface area contributed by atoms with Crippen molar-refractivity contribution in [2.45, 2.75) is 13.5 Å². The maximum Gasteiger partial charge on any atom is 0.341 e. The van der Waals surface area contributed by atoms with Crippen LogP contribution in [0.25, 0.3) is 0 Å². The Bertz CT molecular complexity index is 627. The van der Waals surface area contributed by atoms with E-state index in [2.05, 4.69) is 10.5 Å². The first kappa shape index (κ1) is 13.4. The van der Waals surface area contributed by atoms with Crippen LogP contribution in [0.2, 0.25) is 5.02 Å². The lowest BCUT2D eigenvalue weighted by atomic mass is 10.2. The number of aromatic carboxylic acids is 1. The number of benzene rings is 1. The molecule has 19 heavy (non-hydrogen) atoms. The number of nitrogens with one attached hydrogen (secondary N) is 1. The summed E-state index contributed by atoms with van der Waals surface area (Å²) in [6.07, 6.45) is 1.12. The maximum atomic E-state index is 13.2. The molecule has 2 rings (SSSR count). The highest BCUT2D eigenvalue weighted by molar-refractivity contribution is 6.33. The summed E-state index contributed by atoms with van der Waals surface area (Å²) in [5.74, 6) is -1.36. The summed E-state index contributed by atoms with van der Waals surface area (Å²) in [4.78, 5) is 10.9. The van der Waals surface area contributed by atoms with E-state index < -0.39 is 11.8 Å². The molecule has 0 aliphatic heterocycles. The number of hydrogen-bond acceptors (Lipinski definition) is 4. The molecule has 1 aromatic heterocycles. The fourth-order valence-electron chi connectivity index (χ4n) is 1.53. The third kappa shape index (κ3) is 2.85. The first-order chi connectivity index (χ1) is 8.99. The van der Waals surface area contributed by atoms with Crippen LogP contribution in [0.1, 0.15) is 21.7 Å². The van der Waals surface area contributed by atoms with Gasteiger partial charge in [-0.3, -0.25) is 0 Å². The lowest BCUT2D eigenvalue weighted by Gasteiger charge is -2.08. The molecule has 0 radical (unpaired) electrons. The van der Waals surface area contributed by atoms with Crippen molar-refractivity contribution < 1.29 is 18.8 Å². The summed E-state index contributed by atoms with van der Waals surface area (Å²) in [5.41, 5.74) is 0.902. The van der Waals surface area contributed by atoms with Gasteiger partial charge in [-0.2, -0.15) is 0 Å². The Morgan fingerprint density at radius 1 is 1.58 bits per heavy atom. The third-order valence-electron chi connectivity index (χ3n) is 2.56. The molecule has 0 saturated carbocycles. The number of aryl methyl sites for hydroxylation is 1. The molecule has 100 valence electrons. The van der Waals surface area contributed by atoms with Gasteiger partial charge in [-0.05, 0) is 24.6 Å². The largest absolute Gasteiger partial charge is 0.478 e. The molecule has 5 nitrogen and oxygen atoms in total. The SMILES string of the molecule is Cc1cc(NCc2oncc2C(=O)O)c(Cl)cc1F. The van der Waals surface area contributed by atoms with E-state index in [4.69, 9.17) is 21.2 Å². The van der Waals surface area contributed by atoms with Crippen molar-refractivity contribution in [1.29, 1.82) is 0 Å². The molecule has 7 heteroatoms. The lowest BCUT2D eigenvalue weighted by Crippen LogP contribution is -2.05. The fraction of sp³-hybridized carbons (Fsp3) is 0.167. The van der Waals surface area contributed by atoms with E-state index in [9.17, 15) is 9.18 Å². The Morgan fingerprint density at radius 2 is 2.32 bits per heavy atom. The van der Waals surface area contributed by atoms with Crippen molar-refractivity contribution in [2.24, 2.45) is 0 Å². The molecule has 0 unspecified atom stereocenters. The number of nitrogens with zero attached hydrogens (tertiary/aromatic N) is 1. The maximum absolute atomic E-state index is 13.2. The summed E-state index contributed by atoms with van der Waals surface area (Å²) in [6, 6.07) is 2.73. The van der Waals surface area contributed by atoms with Crippen molar-refractivity contribution in [1.82, 2.24) is 5.16 Å². The molecule has 0 aliphatic rings. The van der Waals surface area contributed by atoms with Gasteiger partial charge in [0.1, 0.15) is 11.4 Å². The Balaban J connectivity index is 2.17. The van der Waals surface area contributed by atoms with Gasteiger partial charge in [-0.15, -0.1) is 0 Å². The lowest BCUT2D eigenvalue weighted by molar-refractivity contribution is 0.0694. The van der Waals surface area contributed by atoms with E-state index in [1.807, 2.05) is 0 Å². The van der Waals surface area contributed by atoms with Gasteiger partial charge in [0.05, 0.1) is 23.5 Å². The highest BCUT2D eigenvalue weighted by atomic mass is 35.5. The van der Waals surface area contributed by atoms with Crippen LogP contribution in [0.5, 0.6) is 0 Å². The van der Waals surface area contributed by atoms with Crippen LogP contribution in [0.15, 0.2) is 22.9 Å². The van der Waals surface area contributed by atoms with E-state index >= 15 is 0 Å². The fourth-order valence-corrected chi connectivity index (χ4v) is 1.75. The molecule has 2 N–H and O–H groups in total. The highest BCUT2D eigenvalue weighted by Crippen LogP contribution is 2.26. The molecule has 2 aromatic rings. The number of rotatable bonds is 4. The molecular formula is C12H10ClFN2O3.